The average molecular weight is 408 g/mol. The Morgan fingerprint density at radius 2 is 2.04 bits per heavy atom. The summed E-state index contributed by atoms with van der Waals surface area (Å²) in [6, 6.07) is 6.86. The van der Waals surface area contributed by atoms with Crippen molar-refractivity contribution in [3.63, 3.8) is 0 Å². The van der Waals surface area contributed by atoms with Gasteiger partial charge in [0.1, 0.15) is 0 Å². The number of carbonyl (C=O) groups is 1. The predicted octanol–water partition coefficient (Wildman–Crippen LogP) is 4.11. The van der Waals surface area contributed by atoms with Gasteiger partial charge < -0.3 is 5.32 Å². The van der Waals surface area contributed by atoms with Gasteiger partial charge in [0.15, 0.2) is 5.13 Å². The predicted molar refractivity (Wildman–Crippen MR) is 108 cm³/mol. The molecule has 3 rings (SSSR count). The van der Waals surface area contributed by atoms with Gasteiger partial charge in [-0.3, -0.25) is 4.79 Å². The minimum Gasteiger partial charge on any atom is -0.302 e. The van der Waals surface area contributed by atoms with Crippen LogP contribution in [-0.2, 0) is 14.8 Å². The van der Waals surface area contributed by atoms with Crippen LogP contribution in [0.4, 0.5) is 5.13 Å². The minimum atomic E-state index is -3.47. The Kier molecular flexibility index (Phi) is 6.29. The van der Waals surface area contributed by atoms with Crippen LogP contribution < -0.4 is 5.32 Å². The highest BCUT2D eigenvalue weighted by atomic mass is 32.2. The summed E-state index contributed by atoms with van der Waals surface area (Å²) in [5.74, 6) is -0.0458. The summed E-state index contributed by atoms with van der Waals surface area (Å²) < 4.78 is 27.4. The van der Waals surface area contributed by atoms with Crippen LogP contribution in [-0.4, -0.2) is 36.2 Å². The van der Waals surface area contributed by atoms with E-state index in [1.807, 2.05) is 19.2 Å². The lowest BCUT2D eigenvalue weighted by Gasteiger charge is -2.32. The number of anilines is 1. The summed E-state index contributed by atoms with van der Waals surface area (Å²) >= 11 is 1.36. The molecule has 1 aromatic heterocycles. The number of carbonyl (C=O) groups excluding carboxylic acids is 1. The zero-order valence-electron chi connectivity index (χ0n) is 15.6. The summed E-state index contributed by atoms with van der Waals surface area (Å²) in [6.07, 6.45) is 4.15. The van der Waals surface area contributed by atoms with E-state index in [0.29, 0.717) is 23.0 Å². The van der Waals surface area contributed by atoms with Crippen molar-refractivity contribution in [2.45, 2.75) is 56.9 Å². The van der Waals surface area contributed by atoms with Crippen molar-refractivity contribution in [1.29, 1.82) is 0 Å². The molecule has 1 aromatic carbocycles. The zero-order valence-corrected chi connectivity index (χ0v) is 17.3. The molecule has 0 saturated carbocycles. The number of nitrogens with one attached hydrogen (secondary N) is 1. The van der Waals surface area contributed by atoms with E-state index < -0.39 is 10.0 Å². The Balaban J connectivity index is 1.75. The Morgan fingerprint density at radius 1 is 1.30 bits per heavy atom. The fourth-order valence-corrected chi connectivity index (χ4v) is 5.67. The molecule has 1 aliphatic rings. The average Bonchev–Trinajstić information content (AvgIpc) is 3.10. The number of hydrogen-bond donors (Lipinski definition) is 1. The normalized spacial score (nSPS) is 18.4. The highest BCUT2D eigenvalue weighted by Crippen LogP contribution is 2.29. The second kappa shape index (κ2) is 8.50. The molecule has 1 amide bonds. The van der Waals surface area contributed by atoms with Crippen LogP contribution in [0, 0.1) is 0 Å². The second-order valence-electron chi connectivity index (χ2n) is 6.82. The Labute approximate surface area is 164 Å². The number of amides is 1. The smallest absolute Gasteiger partial charge is 0.243 e. The Hall–Kier alpha value is -1.77. The van der Waals surface area contributed by atoms with E-state index in [-0.39, 0.29) is 11.9 Å². The van der Waals surface area contributed by atoms with Gasteiger partial charge in [-0.05, 0) is 38.3 Å². The highest BCUT2D eigenvalue weighted by Gasteiger charge is 2.30. The second-order valence-corrected chi connectivity index (χ2v) is 9.57. The summed E-state index contributed by atoms with van der Waals surface area (Å²) in [4.78, 5) is 16.4. The molecule has 146 valence electrons. The number of nitrogens with zero attached hydrogens (tertiary/aromatic N) is 2. The van der Waals surface area contributed by atoms with E-state index in [4.69, 9.17) is 0 Å². The molecule has 0 spiro atoms. The number of thiazole rings is 1. The zero-order chi connectivity index (χ0) is 19.4. The number of rotatable bonds is 6. The first kappa shape index (κ1) is 20.0. The van der Waals surface area contributed by atoms with Crippen LogP contribution in [0.1, 0.15) is 46.0 Å². The number of sulfonamides is 1. The molecule has 8 heteroatoms. The van der Waals surface area contributed by atoms with E-state index in [2.05, 4.69) is 10.3 Å². The number of benzene rings is 1. The Bertz CT molecular complexity index is 891. The minimum absolute atomic E-state index is 0.0382. The maximum atomic E-state index is 12.9. The summed E-state index contributed by atoms with van der Waals surface area (Å²) in [5.41, 5.74) is 1.55. The highest BCUT2D eigenvalue weighted by molar-refractivity contribution is 7.89. The number of aromatic nitrogens is 1. The van der Waals surface area contributed by atoms with E-state index in [1.54, 1.807) is 28.6 Å². The molecule has 1 N–H and O–H groups in total. The molecular formula is C19H25N3O3S2. The largest absolute Gasteiger partial charge is 0.302 e. The van der Waals surface area contributed by atoms with Crippen molar-refractivity contribution >= 4 is 32.4 Å². The molecule has 6 nitrogen and oxygen atoms in total. The van der Waals surface area contributed by atoms with Crippen LogP contribution >= 0.6 is 11.3 Å². The molecule has 0 radical (unpaired) electrons. The topological polar surface area (TPSA) is 79.4 Å². The van der Waals surface area contributed by atoms with Crippen molar-refractivity contribution in [2.75, 3.05) is 11.9 Å². The first-order valence-corrected chi connectivity index (χ1v) is 11.6. The lowest BCUT2D eigenvalue weighted by molar-refractivity contribution is -0.116. The van der Waals surface area contributed by atoms with Crippen LogP contribution in [0.3, 0.4) is 0 Å². The summed E-state index contributed by atoms with van der Waals surface area (Å²) in [7, 11) is -3.47. The fourth-order valence-electron chi connectivity index (χ4n) is 3.23. The van der Waals surface area contributed by atoms with E-state index in [1.165, 1.54) is 11.3 Å². The van der Waals surface area contributed by atoms with Crippen LogP contribution in [0.15, 0.2) is 34.5 Å². The summed E-state index contributed by atoms with van der Waals surface area (Å²) in [6.45, 7) is 4.50. The van der Waals surface area contributed by atoms with E-state index in [9.17, 15) is 13.2 Å². The number of piperidine rings is 1. The lowest BCUT2D eigenvalue weighted by Crippen LogP contribution is -2.41. The Morgan fingerprint density at radius 3 is 2.70 bits per heavy atom. The van der Waals surface area contributed by atoms with E-state index in [0.717, 1.165) is 36.9 Å². The molecule has 2 heterocycles. The third-order valence-electron chi connectivity index (χ3n) is 4.73. The molecule has 1 atom stereocenters. The lowest BCUT2D eigenvalue weighted by atomic mass is 10.1. The van der Waals surface area contributed by atoms with Crippen molar-refractivity contribution in [2.24, 2.45) is 0 Å². The van der Waals surface area contributed by atoms with Gasteiger partial charge in [-0.15, -0.1) is 11.3 Å². The van der Waals surface area contributed by atoms with Gasteiger partial charge in [0.2, 0.25) is 15.9 Å². The third-order valence-corrected chi connectivity index (χ3v) is 7.51. The molecule has 1 unspecified atom stereocenters. The summed E-state index contributed by atoms with van der Waals surface area (Å²) in [5, 5.41) is 5.20. The standard InChI is InChI=1S/C19H25N3O3S2/c1-3-6-18(23)21-19-20-17(13-26-19)15-8-10-16(11-9-15)27(24,25)22-12-5-4-7-14(22)2/h8-11,13-14H,3-7,12H2,1-2H3,(H,20,21,23). The van der Waals surface area contributed by atoms with Crippen LogP contribution in [0.5, 0.6) is 0 Å². The maximum Gasteiger partial charge on any atom is 0.243 e. The van der Waals surface area contributed by atoms with E-state index >= 15 is 0 Å². The van der Waals surface area contributed by atoms with Crippen LogP contribution in [0.25, 0.3) is 11.3 Å². The first-order chi connectivity index (χ1) is 12.9. The van der Waals surface area contributed by atoms with Crippen molar-refractivity contribution in [3.05, 3.63) is 29.6 Å². The van der Waals surface area contributed by atoms with Crippen molar-refractivity contribution < 1.29 is 13.2 Å². The van der Waals surface area contributed by atoms with Gasteiger partial charge in [-0.2, -0.15) is 4.31 Å². The molecule has 0 aliphatic carbocycles. The maximum absolute atomic E-state index is 12.9. The molecule has 0 bridgehead atoms. The van der Waals surface area contributed by atoms with Crippen molar-refractivity contribution in [1.82, 2.24) is 9.29 Å². The quantitative estimate of drug-likeness (QED) is 0.781. The van der Waals surface area contributed by atoms with Gasteiger partial charge in [0.05, 0.1) is 10.6 Å². The fraction of sp³-hybridized carbons (Fsp3) is 0.474. The molecule has 27 heavy (non-hydrogen) atoms. The van der Waals surface area contributed by atoms with Gasteiger partial charge >= 0.3 is 0 Å². The SMILES string of the molecule is CCCC(=O)Nc1nc(-c2ccc(S(=O)(=O)N3CCCCC3C)cc2)cs1. The monoisotopic (exact) mass is 407 g/mol. The van der Waals surface area contributed by atoms with Gasteiger partial charge in [0, 0.05) is 30.0 Å². The molecule has 1 fully saturated rings. The molecule has 2 aromatic rings. The molecule has 1 saturated heterocycles. The number of hydrogen-bond acceptors (Lipinski definition) is 5. The van der Waals surface area contributed by atoms with Crippen molar-refractivity contribution in [3.8, 4) is 11.3 Å². The third kappa shape index (κ3) is 4.56. The van der Waals surface area contributed by atoms with Gasteiger partial charge in [0.25, 0.3) is 0 Å². The van der Waals surface area contributed by atoms with Crippen LogP contribution in [0.2, 0.25) is 0 Å². The molecule has 1 aliphatic heterocycles. The van der Waals surface area contributed by atoms with Gasteiger partial charge in [-0.1, -0.05) is 25.5 Å². The van der Waals surface area contributed by atoms with Gasteiger partial charge in [-0.25, -0.2) is 13.4 Å². The molecular weight excluding hydrogens is 382 g/mol. The first-order valence-electron chi connectivity index (χ1n) is 9.29.